The fraction of sp³-hybridized carbons (Fsp3) is 0.296. The Hall–Kier alpha value is -3.52. The Bertz CT molecular complexity index is 1320. The number of carbonyl (C=O) groups is 1. The van der Waals surface area contributed by atoms with Gasteiger partial charge < -0.3 is 14.8 Å². The van der Waals surface area contributed by atoms with Crippen molar-refractivity contribution in [1.29, 1.82) is 0 Å². The number of benzene rings is 3. The van der Waals surface area contributed by atoms with Crippen molar-refractivity contribution in [1.82, 2.24) is 0 Å². The third-order valence-corrected chi connectivity index (χ3v) is 7.56. The Labute approximate surface area is 206 Å². The van der Waals surface area contributed by atoms with Crippen molar-refractivity contribution in [3.8, 4) is 11.5 Å². The number of amides is 1. The van der Waals surface area contributed by atoms with Gasteiger partial charge in [-0.1, -0.05) is 57.2 Å². The topological polar surface area (TPSA) is 84.9 Å². The van der Waals surface area contributed by atoms with E-state index in [9.17, 15) is 13.2 Å². The second kappa shape index (κ2) is 9.62. The zero-order valence-electron chi connectivity index (χ0n) is 20.3. The van der Waals surface area contributed by atoms with E-state index < -0.39 is 22.0 Å². The van der Waals surface area contributed by atoms with Crippen molar-refractivity contribution in [2.24, 2.45) is 0 Å². The van der Waals surface area contributed by atoms with E-state index in [0.717, 1.165) is 5.56 Å². The first-order valence-corrected chi connectivity index (χ1v) is 13.0. The van der Waals surface area contributed by atoms with Gasteiger partial charge in [-0.15, -0.1) is 0 Å². The van der Waals surface area contributed by atoms with Crippen molar-refractivity contribution in [3.63, 3.8) is 0 Å². The van der Waals surface area contributed by atoms with Crippen LogP contribution >= 0.6 is 0 Å². The van der Waals surface area contributed by atoms with Gasteiger partial charge >= 0.3 is 0 Å². The van der Waals surface area contributed by atoms with Crippen LogP contribution in [0.2, 0.25) is 0 Å². The molecule has 184 valence electrons. The molecule has 4 rings (SSSR count). The minimum atomic E-state index is -3.95. The number of anilines is 2. The Morgan fingerprint density at radius 2 is 1.74 bits per heavy atom. The van der Waals surface area contributed by atoms with Crippen LogP contribution in [0.1, 0.15) is 33.3 Å². The standard InChI is InChI=1S/C27H30N2O5S/c1-5-33-23-14-10-9-13-21(23)28-26(30)25-18-29(35(31,32)20-11-7-6-8-12-20)22-17-19(27(2,3)4)15-16-24(22)34-25/h6-17,25H,5,18H2,1-4H3,(H,28,30)/t25-/m0/s1. The third-order valence-electron chi connectivity index (χ3n) is 5.76. The molecule has 0 aromatic heterocycles. The second-order valence-corrected chi connectivity index (χ2v) is 11.2. The fourth-order valence-electron chi connectivity index (χ4n) is 3.87. The molecule has 1 N–H and O–H groups in total. The quantitative estimate of drug-likeness (QED) is 0.523. The first-order valence-electron chi connectivity index (χ1n) is 11.5. The predicted octanol–water partition coefficient (Wildman–Crippen LogP) is 4.98. The second-order valence-electron chi connectivity index (χ2n) is 9.31. The number of rotatable bonds is 6. The molecule has 1 amide bonds. The van der Waals surface area contributed by atoms with Crippen LogP contribution in [0, 0.1) is 0 Å². The number of nitrogens with one attached hydrogen (secondary N) is 1. The van der Waals surface area contributed by atoms with Crippen molar-refractivity contribution in [2.45, 2.75) is 44.1 Å². The van der Waals surface area contributed by atoms with Gasteiger partial charge in [0.15, 0.2) is 6.10 Å². The summed E-state index contributed by atoms with van der Waals surface area (Å²) < 4.78 is 40.3. The first kappa shape index (κ1) is 24.6. The SMILES string of the molecule is CCOc1ccccc1NC(=O)[C@@H]1CN(S(=O)(=O)c2ccccc2)c2cc(C(C)(C)C)ccc2O1. The zero-order valence-corrected chi connectivity index (χ0v) is 21.1. The Balaban J connectivity index is 1.73. The van der Waals surface area contributed by atoms with E-state index in [2.05, 4.69) is 26.1 Å². The summed E-state index contributed by atoms with van der Waals surface area (Å²) in [5.74, 6) is 0.404. The smallest absolute Gasteiger partial charge is 0.267 e. The molecule has 1 atom stereocenters. The highest BCUT2D eigenvalue weighted by molar-refractivity contribution is 7.92. The van der Waals surface area contributed by atoms with Gasteiger partial charge in [-0.05, 0) is 54.3 Å². The van der Waals surface area contributed by atoms with Crippen LogP contribution in [0.15, 0.2) is 77.7 Å². The molecule has 0 radical (unpaired) electrons. The highest BCUT2D eigenvalue weighted by Crippen LogP contribution is 2.40. The molecule has 1 heterocycles. The predicted molar refractivity (Wildman–Crippen MR) is 137 cm³/mol. The van der Waals surface area contributed by atoms with Gasteiger partial charge in [-0.2, -0.15) is 0 Å². The number of sulfonamides is 1. The van der Waals surface area contributed by atoms with Crippen LogP contribution in [0.3, 0.4) is 0 Å². The molecule has 0 fully saturated rings. The first-order chi connectivity index (χ1) is 16.6. The summed E-state index contributed by atoms with van der Waals surface area (Å²) in [4.78, 5) is 13.4. The molecule has 0 saturated carbocycles. The zero-order chi connectivity index (χ0) is 25.2. The Morgan fingerprint density at radius 1 is 1.06 bits per heavy atom. The molecular weight excluding hydrogens is 464 g/mol. The molecule has 1 aliphatic heterocycles. The van der Waals surface area contributed by atoms with E-state index in [1.807, 2.05) is 25.1 Å². The number of fused-ring (bicyclic) bond motifs is 1. The molecule has 0 bridgehead atoms. The highest BCUT2D eigenvalue weighted by Gasteiger charge is 2.38. The minimum Gasteiger partial charge on any atom is -0.492 e. The largest absolute Gasteiger partial charge is 0.492 e. The summed E-state index contributed by atoms with van der Waals surface area (Å²) in [5.41, 5.74) is 1.67. The summed E-state index contributed by atoms with van der Waals surface area (Å²) in [6.07, 6.45) is -1.06. The van der Waals surface area contributed by atoms with Crippen LogP contribution in [0.5, 0.6) is 11.5 Å². The lowest BCUT2D eigenvalue weighted by Gasteiger charge is -2.36. The Morgan fingerprint density at radius 3 is 2.43 bits per heavy atom. The minimum absolute atomic E-state index is 0.148. The molecule has 0 unspecified atom stereocenters. The fourth-order valence-corrected chi connectivity index (χ4v) is 5.35. The number of hydrogen-bond acceptors (Lipinski definition) is 5. The third kappa shape index (κ3) is 5.12. The van der Waals surface area contributed by atoms with Crippen molar-refractivity contribution in [3.05, 3.63) is 78.4 Å². The maximum atomic E-state index is 13.7. The molecule has 3 aromatic rings. The number of ether oxygens (including phenoxy) is 2. The van der Waals surface area contributed by atoms with Gasteiger partial charge in [0, 0.05) is 0 Å². The maximum Gasteiger partial charge on any atom is 0.267 e. The van der Waals surface area contributed by atoms with E-state index >= 15 is 0 Å². The average Bonchev–Trinajstić information content (AvgIpc) is 2.84. The van der Waals surface area contributed by atoms with Crippen LogP contribution < -0.4 is 19.1 Å². The van der Waals surface area contributed by atoms with E-state index in [4.69, 9.17) is 9.47 Å². The van der Waals surface area contributed by atoms with Gasteiger partial charge in [-0.25, -0.2) is 8.42 Å². The number of nitrogens with zero attached hydrogens (tertiary/aromatic N) is 1. The summed E-state index contributed by atoms with van der Waals surface area (Å²) in [7, 11) is -3.95. The van der Waals surface area contributed by atoms with Crippen LogP contribution in [-0.4, -0.2) is 33.6 Å². The van der Waals surface area contributed by atoms with Crippen LogP contribution in [0.25, 0.3) is 0 Å². The van der Waals surface area contributed by atoms with Crippen molar-refractivity contribution >= 4 is 27.3 Å². The maximum absolute atomic E-state index is 13.7. The molecule has 0 aliphatic carbocycles. The van der Waals surface area contributed by atoms with E-state index in [1.165, 1.54) is 4.31 Å². The number of para-hydroxylation sites is 2. The van der Waals surface area contributed by atoms with Gasteiger partial charge in [0.05, 0.1) is 29.4 Å². The average molecular weight is 495 g/mol. The van der Waals surface area contributed by atoms with Gasteiger partial charge in [0.2, 0.25) is 0 Å². The van der Waals surface area contributed by atoms with Gasteiger partial charge in [0.1, 0.15) is 11.5 Å². The molecular formula is C27H30N2O5S. The van der Waals surface area contributed by atoms with E-state index in [-0.39, 0.29) is 16.9 Å². The molecule has 8 heteroatoms. The van der Waals surface area contributed by atoms with Crippen molar-refractivity contribution in [2.75, 3.05) is 22.8 Å². The lowest BCUT2D eigenvalue weighted by Crippen LogP contribution is -2.49. The van der Waals surface area contributed by atoms with Crippen molar-refractivity contribution < 1.29 is 22.7 Å². The molecule has 0 spiro atoms. The lowest BCUT2D eigenvalue weighted by molar-refractivity contribution is -0.122. The molecule has 1 aliphatic rings. The lowest BCUT2D eigenvalue weighted by atomic mass is 9.86. The van der Waals surface area contributed by atoms with E-state index in [0.29, 0.717) is 29.5 Å². The summed E-state index contributed by atoms with van der Waals surface area (Å²) >= 11 is 0. The molecule has 35 heavy (non-hydrogen) atoms. The van der Waals surface area contributed by atoms with Gasteiger partial charge in [0.25, 0.3) is 15.9 Å². The Kier molecular flexibility index (Phi) is 6.76. The van der Waals surface area contributed by atoms with Gasteiger partial charge in [-0.3, -0.25) is 9.10 Å². The number of carbonyl (C=O) groups excluding carboxylic acids is 1. The summed E-state index contributed by atoms with van der Waals surface area (Å²) in [5, 5.41) is 2.83. The number of hydrogen-bond donors (Lipinski definition) is 1. The monoisotopic (exact) mass is 494 g/mol. The van der Waals surface area contributed by atoms with E-state index in [1.54, 1.807) is 54.6 Å². The summed E-state index contributed by atoms with van der Waals surface area (Å²) in [6.45, 7) is 8.30. The highest BCUT2D eigenvalue weighted by atomic mass is 32.2. The van der Waals surface area contributed by atoms with Crippen LogP contribution in [-0.2, 0) is 20.2 Å². The summed E-state index contributed by atoms with van der Waals surface area (Å²) in [6, 6.07) is 20.8. The van der Waals surface area contributed by atoms with Crippen LogP contribution in [0.4, 0.5) is 11.4 Å². The molecule has 7 nitrogen and oxygen atoms in total. The normalized spacial score (nSPS) is 15.7. The molecule has 3 aromatic carbocycles. The molecule has 0 saturated heterocycles.